The van der Waals surface area contributed by atoms with E-state index in [1.54, 1.807) is 20.0 Å². The summed E-state index contributed by atoms with van der Waals surface area (Å²) in [6.07, 6.45) is 3.58. The average Bonchev–Trinajstić information content (AvgIpc) is 3.24. The summed E-state index contributed by atoms with van der Waals surface area (Å²) in [5, 5.41) is 26.4. The van der Waals surface area contributed by atoms with E-state index >= 15 is 0 Å². The zero-order chi connectivity index (χ0) is 19.8. The van der Waals surface area contributed by atoms with Gasteiger partial charge in [-0.1, -0.05) is 19.1 Å². The van der Waals surface area contributed by atoms with Gasteiger partial charge < -0.3 is 10.4 Å². The summed E-state index contributed by atoms with van der Waals surface area (Å²) in [6, 6.07) is 2.94. The predicted octanol–water partition coefficient (Wildman–Crippen LogP) is 2.74. The summed E-state index contributed by atoms with van der Waals surface area (Å²) in [4.78, 5) is 16.4. The second kappa shape index (κ2) is 7.00. The standard InChI is InChI=1S/C16H20N6O3S2/c1-4-9-5-6-10-7-19-21-13(10)12(9)20-15(23)22-27(17,25)11-8-18-14(26-11)16(2,3)24/h5-8,24H,4H2,1-3H3,(H,19,21)(H3,17,20,22,23,25). The smallest absolute Gasteiger partial charge is 0.354 e. The molecule has 11 heteroatoms. The van der Waals surface area contributed by atoms with Gasteiger partial charge in [-0.25, -0.2) is 19.1 Å². The highest BCUT2D eigenvalue weighted by molar-refractivity contribution is 7.93. The third kappa shape index (κ3) is 4.00. The summed E-state index contributed by atoms with van der Waals surface area (Å²) < 4.78 is 16.5. The lowest BCUT2D eigenvalue weighted by atomic mass is 10.1. The maximum atomic E-state index is 12.7. The first-order valence-electron chi connectivity index (χ1n) is 8.11. The van der Waals surface area contributed by atoms with E-state index in [2.05, 4.69) is 24.9 Å². The molecule has 27 heavy (non-hydrogen) atoms. The number of amides is 2. The van der Waals surface area contributed by atoms with Gasteiger partial charge in [0.15, 0.2) is 9.92 Å². The first kappa shape index (κ1) is 19.4. The molecular formula is C16H20N6O3S2. The number of aromatic amines is 1. The molecule has 144 valence electrons. The van der Waals surface area contributed by atoms with Gasteiger partial charge in [-0.3, -0.25) is 5.10 Å². The number of nitrogens with zero attached hydrogens (tertiary/aromatic N) is 3. The van der Waals surface area contributed by atoms with Crippen LogP contribution in [0.2, 0.25) is 0 Å². The lowest BCUT2D eigenvalue weighted by Gasteiger charge is -2.12. The van der Waals surface area contributed by atoms with Gasteiger partial charge in [0.25, 0.3) is 0 Å². The molecule has 0 spiro atoms. The van der Waals surface area contributed by atoms with E-state index < -0.39 is 21.5 Å². The zero-order valence-corrected chi connectivity index (χ0v) is 16.6. The summed E-state index contributed by atoms with van der Waals surface area (Å²) in [6.45, 7) is 5.05. The number of hydrogen-bond donors (Lipinski definition) is 4. The van der Waals surface area contributed by atoms with Crippen molar-refractivity contribution in [3.63, 3.8) is 0 Å². The Bertz CT molecular complexity index is 1120. The molecule has 0 radical (unpaired) electrons. The highest BCUT2D eigenvalue weighted by Gasteiger charge is 2.23. The largest absolute Gasteiger partial charge is 0.383 e. The summed E-state index contributed by atoms with van der Waals surface area (Å²) >= 11 is 0.955. The van der Waals surface area contributed by atoms with E-state index in [0.717, 1.165) is 22.3 Å². The number of H-pyrrole nitrogens is 1. The number of rotatable bonds is 4. The first-order chi connectivity index (χ1) is 12.6. The van der Waals surface area contributed by atoms with Gasteiger partial charge in [0.1, 0.15) is 14.8 Å². The van der Waals surface area contributed by atoms with Crippen LogP contribution in [0.1, 0.15) is 31.3 Å². The number of anilines is 1. The molecule has 0 aliphatic heterocycles. The topological polar surface area (TPSA) is 146 Å². The Labute approximate surface area is 160 Å². The van der Waals surface area contributed by atoms with Crippen molar-refractivity contribution in [3.05, 3.63) is 35.1 Å². The van der Waals surface area contributed by atoms with Crippen LogP contribution in [0.3, 0.4) is 0 Å². The molecule has 3 rings (SSSR count). The Morgan fingerprint density at radius 3 is 2.81 bits per heavy atom. The van der Waals surface area contributed by atoms with E-state index in [0.29, 0.717) is 22.6 Å². The molecule has 9 nitrogen and oxygen atoms in total. The number of thiazole rings is 1. The number of aryl methyl sites for hydroxylation is 1. The quantitative estimate of drug-likeness (QED) is 0.524. The number of benzene rings is 1. The van der Waals surface area contributed by atoms with Crippen molar-refractivity contribution in [2.24, 2.45) is 9.50 Å². The van der Waals surface area contributed by atoms with E-state index in [4.69, 9.17) is 5.14 Å². The van der Waals surface area contributed by atoms with Crippen molar-refractivity contribution in [1.82, 2.24) is 15.2 Å². The first-order valence-corrected chi connectivity index (χ1v) is 10.5. The number of urea groups is 1. The molecule has 0 aliphatic rings. The second-order valence-electron chi connectivity index (χ2n) is 6.42. The summed E-state index contributed by atoms with van der Waals surface area (Å²) in [7, 11) is -3.50. The van der Waals surface area contributed by atoms with Gasteiger partial charge in [-0.15, -0.1) is 15.7 Å². The van der Waals surface area contributed by atoms with Crippen LogP contribution in [0.5, 0.6) is 0 Å². The molecule has 0 aliphatic carbocycles. The van der Waals surface area contributed by atoms with Crippen LogP contribution in [-0.4, -0.2) is 30.5 Å². The van der Waals surface area contributed by atoms with Crippen LogP contribution in [0.4, 0.5) is 10.5 Å². The zero-order valence-electron chi connectivity index (χ0n) is 15.0. The number of nitrogens with one attached hydrogen (secondary N) is 2. The minimum Gasteiger partial charge on any atom is -0.383 e. The maximum Gasteiger partial charge on any atom is 0.354 e. The molecule has 5 N–H and O–H groups in total. The van der Waals surface area contributed by atoms with Crippen LogP contribution in [0.25, 0.3) is 10.9 Å². The summed E-state index contributed by atoms with van der Waals surface area (Å²) in [5.41, 5.74) is 0.856. The molecule has 0 fully saturated rings. The third-order valence-corrected chi connectivity index (χ3v) is 7.02. The SMILES string of the molecule is CCc1ccc2cn[nH]c2c1NC(=O)N=S(N)(=O)c1cnc(C(C)(C)O)s1. The number of carbonyl (C=O) groups is 1. The van der Waals surface area contributed by atoms with Crippen molar-refractivity contribution in [2.75, 3.05) is 5.32 Å². The number of nitrogens with two attached hydrogens (primary N) is 1. The number of aromatic nitrogens is 3. The number of aliphatic hydroxyl groups is 1. The molecule has 0 saturated carbocycles. The molecule has 0 bridgehead atoms. The van der Waals surface area contributed by atoms with Gasteiger partial charge >= 0.3 is 6.03 Å². The van der Waals surface area contributed by atoms with Crippen molar-refractivity contribution in [2.45, 2.75) is 37.0 Å². The minimum atomic E-state index is -3.50. The molecule has 3 aromatic rings. The van der Waals surface area contributed by atoms with Crippen molar-refractivity contribution < 1.29 is 14.1 Å². The van der Waals surface area contributed by atoms with Gasteiger partial charge in [0, 0.05) is 5.39 Å². The van der Waals surface area contributed by atoms with Crippen molar-refractivity contribution >= 4 is 43.9 Å². The fourth-order valence-corrected chi connectivity index (χ4v) is 4.53. The van der Waals surface area contributed by atoms with Gasteiger partial charge in [-0.2, -0.15) is 5.10 Å². The Kier molecular flexibility index (Phi) is 5.04. The van der Waals surface area contributed by atoms with Crippen LogP contribution in [-0.2, 0) is 21.9 Å². The molecule has 2 amide bonds. The van der Waals surface area contributed by atoms with E-state index in [9.17, 15) is 14.1 Å². The average molecular weight is 409 g/mol. The molecule has 1 atom stereocenters. The predicted molar refractivity (Wildman–Crippen MR) is 105 cm³/mol. The highest BCUT2D eigenvalue weighted by atomic mass is 32.2. The fourth-order valence-electron chi connectivity index (χ4n) is 2.47. The maximum absolute atomic E-state index is 12.7. The Balaban J connectivity index is 1.94. The highest BCUT2D eigenvalue weighted by Crippen LogP contribution is 2.29. The van der Waals surface area contributed by atoms with Crippen molar-refractivity contribution in [3.8, 4) is 0 Å². The number of hydrogen-bond acceptors (Lipinski definition) is 6. The molecule has 1 unspecified atom stereocenters. The fraction of sp³-hybridized carbons (Fsp3) is 0.312. The lowest BCUT2D eigenvalue weighted by Crippen LogP contribution is -2.17. The lowest BCUT2D eigenvalue weighted by molar-refractivity contribution is 0.0783. The van der Waals surface area contributed by atoms with E-state index in [-0.39, 0.29) is 4.21 Å². The molecule has 1 aromatic carbocycles. The summed E-state index contributed by atoms with van der Waals surface area (Å²) in [5.74, 6) is 0. The molecule has 2 aromatic heterocycles. The number of fused-ring (bicyclic) bond motifs is 1. The minimum absolute atomic E-state index is 0.116. The van der Waals surface area contributed by atoms with Gasteiger partial charge in [-0.05, 0) is 25.8 Å². The second-order valence-corrected chi connectivity index (χ2v) is 9.47. The van der Waals surface area contributed by atoms with Crippen LogP contribution < -0.4 is 10.5 Å². The monoisotopic (exact) mass is 408 g/mol. The molecule has 2 heterocycles. The Hall–Kier alpha value is -2.34. The number of carbonyl (C=O) groups excluding carboxylic acids is 1. The van der Waals surface area contributed by atoms with E-state index in [1.165, 1.54) is 6.20 Å². The normalized spacial score (nSPS) is 14.1. The van der Waals surface area contributed by atoms with Crippen LogP contribution in [0, 0.1) is 0 Å². The third-order valence-electron chi connectivity index (χ3n) is 3.83. The molecular weight excluding hydrogens is 388 g/mol. The van der Waals surface area contributed by atoms with Crippen molar-refractivity contribution in [1.29, 1.82) is 0 Å². The Morgan fingerprint density at radius 2 is 2.19 bits per heavy atom. The van der Waals surface area contributed by atoms with Crippen LogP contribution >= 0.6 is 11.3 Å². The van der Waals surface area contributed by atoms with Gasteiger partial charge in [0.2, 0.25) is 0 Å². The van der Waals surface area contributed by atoms with Crippen LogP contribution in [0.15, 0.2) is 33.1 Å². The van der Waals surface area contributed by atoms with E-state index in [1.807, 2.05) is 19.1 Å². The Morgan fingerprint density at radius 1 is 1.44 bits per heavy atom. The van der Waals surface area contributed by atoms with Gasteiger partial charge in [0.05, 0.1) is 23.6 Å². The molecule has 0 saturated heterocycles.